The third kappa shape index (κ3) is 4.75. The van der Waals surface area contributed by atoms with E-state index in [9.17, 15) is 4.39 Å². The van der Waals surface area contributed by atoms with Gasteiger partial charge in [-0.1, -0.05) is 43.7 Å². The zero-order valence-electron chi connectivity index (χ0n) is 12.3. The highest BCUT2D eigenvalue weighted by atomic mass is 35.5. The van der Waals surface area contributed by atoms with Crippen LogP contribution in [0.15, 0.2) is 18.2 Å². The van der Waals surface area contributed by atoms with Crippen LogP contribution >= 0.6 is 11.6 Å². The number of likely N-dealkylation sites (N-methyl/N-ethyl adjacent to an activating group) is 1. The standard InChI is InChI=1S/C17H25ClFN/c1-20-16(9-7-13-5-3-2-4-6-13)12-14-11-15(18)8-10-17(14)19/h8,10-11,13,16,20H,2-7,9,12H2,1H3. The Hall–Kier alpha value is -0.600. The molecule has 1 unspecified atom stereocenters. The van der Waals surface area contributed by atoms with E-state index in [1.54, 1.807) is 12.1 Å². The maximum absolute atomic E-state index is 13.8. The Morgan fingerprint density at radius 1 is 1.30 bits per heavy atom. The smallest absolute Gasteiger partial charge is 0.126 e. The summed E-state index contributed by atoms with van der Waals surface area (Å²) in [7, 11) is 1.97. The van der Waals surface area contributed by atoms with Crippen LogP contribution in [0.25, 0.3) is 0 Å². The van der Waals surface area contributed by atoms with Gasteiger partial charge >= 0.3 is 0 Å². The van der Waals surface area contributed by atoms with Gasteiger partial charge in [0.05, 0.1) is 0 Å². The zero-order valence-corrected chi connectivity index (χ0v) is 13.1. The molecule has 0 aromatic heterocycles. The van der Waals surface area contributed by atoms with Crippen molar-refractivity contribution in [2.75, 3.05) is 7.05 Å². The van der Waals surface area contributed by atoms with Crippen molar-refractivity contribution in [1.29, 1.82) is 0 Å². The van der Waals surface area contributed by atoms with Crippen LogP contribution in [0.3, 0.4) is 0 Å². The summed E-state index contributed by atoms with van der Waals surface area (Å²) < 4.78 is 13.8. The molecule has 112 valence electrons. The van der Waals surface area contributed by atoms with E-state index in [0.717, 1.165) is 24.3 Å². The van der Waals surface area contributed by atoms with Crippen LogP contribution in [0.5, 0.6) is 0 Å². The lowest BCUT2D eigenvalue weighted by Gasteiger charge is -2.24. The van der Waals surface area contributed by atoms with Crippen molar-refractivity contribution in [3.63, 3.8) is 0 Å². The van der Waals surface area contributed by atoms with Crippen LogP contribution in [0, 0.1) is 11.7 Å². The van der Waals surface area contributed by atoms with Crippen molar-refractivity contribution in [3.05, 3.63) is 34.6 Å². The minimum absolute atomic E-state index is 0.146. The lowest BCUT2D eigenvalue weighted by Crippen LogP contribution is -2.28. The topological polar surface area (TPSA) is 12.0 Å². The second kappa shape index (κ2) is 7.99. The molecule has 0 amide bonds. The SMILES string of the molecule is CNC(CCC1CCCCC1)Cc1cc(Cl)ccc1F. The monoisotopic (exact) mass is 297 g/mol. The highest BCUT2D eigenvalue weighted by Crippen LogP contribution is 2.28. The Balaban J connectivity index is 1.86. The molecule has 1 fully saturated rings. The average Bonchev–Trinajstić information content (AvgIpc) is 2.48. The van der Waals surface area contributed by atoms with Gasteiger partial charge in [-0.05, 0) is 56.0 Å². The Bertz CT molecular complexity index is 415. The van der Waals surface area contributed by atoms with Gasteiger partial charge in [0.2, 0.25) is 0 Å². The maximum Gasteiger partial charge on any atom is 0.126 e. The molecule has 1 aromatic rings. The number of rotatable bonds is 6. The fourth-order valence-corrected chi connectivity index (χ4v) is 3.42. The molecule has 1 aliphatic rings. The highest BCUT2D eigenvalue weighted by Gasteiger charge is 2.17. The van der Waals surface area contributed by atoms with E-state index in [0.29, 0.717) is 11.1 Å². The summed E-state index contributed by atoms with van der Waals surface area (Å²) in [6.07, 6.45) is 10.0. The van der Waals surface area contributed by atoms with Gasteiger partial charge < -0.3 is 5.32 Å². The summed E-state index contributed by atoms with van der Waals surface area (Å²) in [6.45, 7) is 0. The molecular formula is C17H25ClFN. The summed E-state index contributed by atoms with van der Waals surface area (Å²) in [6, 6.07) is 5.16. The van der Waals surface area contributed by atoms with Gasteiger partial charge in [-0.15, -0.1) is 0 Å². The van der Waals surface area contributed by atoms with E-state index in [1.807, 2.05) is 7.05 Å². The quantitative estimate of drug-likeness (QED) is 0.781. The normalized spacial score (nSPS) is 18.1. The predicted octanol–water partition coefficient (Wildman–Crippen LogP) is 4.97. The van der Waals surface area contributed by atoms with E-state index < -0.39 is 0 Å². The fraction of sp³-hybridized carbons (Fsp3) is 0.647. The minimum atomic E-state index is -0.146. The molecule has 1 atom stereocenters. The molecule has 1 nitrogen and oxygen atoms in total. The molecule has 0 radical (unpaired) electrons. The Morgan fingerprint density at radius 2 is 2.05 bits per heavy atom. The molecule has 0 spiro atoms. The van der Waals surface area contributed by atoms with Crippen molar-refractivity contribution in [2.24, 2.45) is 5.92 Å². The summed E-state index contributed by atoms with van der Waals surface area (Å²) in [5.74, 6) is 0.733. The van der Waals surface area contributed by atoms with Gasteiger partial charge in [0, 0.05) is 11.1 Å². The van der Waals surface area contributed by atoms with Gasteiger partial charge in [0.25, 0.3) is 0 Å². The number of halogens is 2. The first kappa shape index (κ1) is 15.8. The number of hydrogen-bond donors (Lipinski definition) is 1. The van der Waals surface area contributed by atoms with Crippen LogP contribution in [-0.4, -0.2) is 13.1 Å². The summed E-state index contributed by atoms with van der Waals surface area (Å²) in [5.41, 5.74) is 0.723. The second-order valence-corrected chi connectivity index (χ2v) is 6.44. The molecule has 0 heterocycles. The van der Waals surface area contributed by atoms with Crippen LogP contribution in [0.1, 0.15) is 50.5 Å². The largest absolute Gasteiger partial charge is 0.317 e. The van der Waals surface area contributed by atoms with Crippen molar-refractivity contribution in [1.82, 2.24) is 5.32 Å². The molecule has 20 heavy (non-hydrogen) atoms. The van der Waals surface area contributed by atoms with Crippen molar-refractivity contribution in [3.8, 4) is 0 Å². The van der Waals surface area contributed by atoms with Crippen molar-refractivity contribution in [2.45, 2.75) is 57.4 Å². The maximum atomic E-state index is 13.8. The van der Waals surface area contributed by atoms with E-state index in [-0.39, 0.29) is 5.82 Å². The summed E-state index contributed by atoms with van der Waals surface area (Å²) in [4.78, 5) is 0. The molecule has 0 aliphatic heterocycles. The third-order valence-corrected chi connectivity index (χ3v) is 4.77. The van der Waals surface area contributed by atoms with Gasteiger partial charge in [0.15, 0.2) is 0 Å². The molecule has 2 rings (SSSR count). The predicted molar refractivity (Wildman–Crippen MR) is 83.8 cm³/mol. The first-order valence-corrected chi connectivity index (χ1v) is 8.18. The first-order chi connectivity index (χ1) is 9.69. The molecule has 1 aliphatic carbocycles. The van der Waals surface area contributed by atoms with Gasteiger partial charge in [-0.2, -0.15) is 0 Å². The van der Waals surface area contributed by atoms with Crippen LogP contribution in [-0.2, 0) is 6.42 Å². The number of nitrogens with one attached hydrogen (secondary N) is 1. The molecule has 1 saturated carbocycles. The second-order valence-electron chi connectivity index (χ2n) is 6.01. The van der Waals surface area contributed by atoms with Crippen molar-refractivity contribution >= 4 is 11.6 Å². The number of hydrogen-bond acceptors (Lipinski definition) is 1. The van der Waals surface area contributed by atoms with Crippen LogP contribution < -0.4 is 5.32 Å². The van der Waals surface area contributed by atoms with E-state index in [4.69, 9.17) is 11.6 Å². The first-order valence-electron chi connectivity index (χ1n) is 7.80. The molecule has 0 bridgehead atoms. The summed E-state index contributed by atoms with van der Waals surface area (Å²) >= 11 is 5.96. The number of benzene rings is 1. The van der Waals surface area contributed by atoms with Gasteiger partial charge in [-0.3, -0.25) is 0 Å². The Morgan fingerprint density at radius 3 is 2.75 bits per heavy atom. The van der Waals surface area contributed by atoms with Crippen LogP contribution in [0.4, 0.5) is 4.39 Å². The highest BCUT2D eigenvalue weighted by molar-refractivity contribution is 6.30. The molecular weight excluding hydrogens is 273 g/mol. The Kier molecular flexibility index (Phi) is 6.31. The van der Waals surface area contributed by atoms with E-state index in [2.05, 4.69) is 5.32 Å². The average molecular weight is 298 g/mol. The minimum Gasteiger partial charge on any atom is -0.317 e. The van der Waals surface area contributed by atoms with Gasteiger partial charge in [-0.25, -0.2) is 4.39 Å². The third-order valence-electron chi connectivity index (χ3n) is 4.53. The lowest BCUT2D eigenvalue weighted by atomic mass is 9.84. The Labute approximate surface area is 126 Å². The van der Waals surface area contributed by atoms with E-state index in [1.165, 1.54) is 44.6 Å². The van der Waals surface area contributed by atoms with Gasteiger partial charge in [0.1, 0.15) is 5.82 Å². The van der Waals surface area contributed by atoms with Crippen molar-refractivity contribution < 1.29 is 4.39 Å². The molecule has 1 N–H and O–H groups in total. The summed E-state index contributed by atoms with van der Waals surface area (Å²) in [5, 5.41) is 3.94. The lowest BCUT2D eigenvalue weighted by molar-refractivity contribution is 0.315. The molecule has 3 heteroatoms. The zero-order chi connectivity index (χ0) is 14.4. The molecule has 0 saturated heterocycles. The van der Waals surface area contributed by atoms with Crippen LogP contribution in [0.2, 0.25) is 5.02 Å². The fourth-order valence-electron chi connectivity index (χ4n) is 3.23. The molecule has 1 aromatic carbocycles. The van der Waals surface area contributed by atoms with E-state index >= 15 is 0 Å².